The fourth-order valence-corrected chi connectivity index (χ4v) is 2.05. The third kappa shape index (κ3) is 4.83. The van der Waals surface area contributed by atoms with Crippen LogP contribution >= 0.6 is 11.6 Å². The molecule has 2 aromatic carbocycles. The molecule has 0 saturated heterocycles. The van der Waals surface area contributed by atoms with Crippen LogP contribution in [0.15, 0.2) is 60.3 Å². The number of nitriles is 1. The minimum absolute atomic E-state index is 0.158. The Morgan fingerprint density at radius 1 is 1.16 bits per heavy atom. The van der Waals surface area contributed by atoms with Gasteiger partial charge in [-0.2, -0.15) is 5.26 Å². The summed E-state index contributed by atoms with van der Waals surface area (Å²) in [6.45, 7) is 0. The second kappa shape index (κ2) is 8.52. The van der Waals surface area contributed by atoms with Crippen LogP contribution in [0.2, 0.25) is 5.02 Å². The number of carbonyl (C=O) groups is 2. The quantitative estimate of drug-likeness (QED) is 0.486. The van der Waals surface area contributed by atoms with Gasteiger partial charge in [0.1, 0.15) is 11.6 Å². The van der Waals surface area contributed by atoms with Gasteiger partial charge in [0.2, 0.25) is 0 Å². The third-order valence-corrected chi connectivity index (χ3v) is 3.42. The van der Waals surface area contributed by atoms with Crippen molar-refractivity contribution in [3.8, 4) is 6.07 Å². The highest BCUT2D eigenvalue weighted by molar-refractivity contribution is 6.30. The molecule has 2 N–H and O–H groups in total. The zero-order valence-corrected chi connectivity index (χ0v) is 14.0. The molecule has 2 rings (SSSR count). The van der Waals surface area contributed by atoms with E-state index in [-0.39, 0.29) is 11.1 Å². The van der Waals surface area contributed by atoms with Crippen molar-refractivity contribution >= 4 is 34.9 Å². The van der Waals surface area contributed by atoms with Crippen molar-refractivity contribution < 1.29 is 14.3 Å². The maximum absolute atomic E-state index is 12.2. The Bertz CT molecular complexity index is 855. The molecule has 0 spiro atoms. The fourth-order valence-electron chi connectivity index (χ4n) is 1.93. The summed E-state index contributed by atoms with van der Waals surface area (Å²) in [4.78, 5) is 23.9. The van der Waals surface area contributed by atoms with Crippen LogP contribution in [0.25, 0.3) is 0 Å². The van der Waals surface area contributed by atoms with Crippen molar-refractivity contribution in [2.24, 2.45) is 0 Å². The second-order valence-electron chi connectivity index (χ2n) is 4.81. The first-order chi connectivity index (χ1) is 12.0. The average molecular weight is 356 g/mol. The van der Waals surface area contributed by atoms with E-state index < -0.39 is 11.9 Å². The highest BCUT2D eigenvalue weighted by Gasteiger charge is 2.12. The number of hydrogen-bond acceptors (Lipinski definition) is 5. The lowest BCUT2D eigenvalue weighted by Gasteiger charge is -2.08. The molecule has 1 amide bonds. The van der Waals surface area contributed by atoms with E-state index >= 15 is 0 Å². The Kier molecular flexibility index (Phi) is 6.15. The summed E-state index contributed by atoms with van der Waals surface area (Å²) in [5.41, 5.74) is 1.05. The maximum atomic E-state index is 12.2. The molecule has 25 heavy (non-hydrogen) atoms. The highest BCUT2D eigenvalue weighted by Crippen LogP contribution is 2.17. The van der Waals surface area contributed by atoms with Gasteiger partial charge >= 0.3 is 5.97 Å². The smallest absolute Gasteiger partial charge is 0.339 e. The van der Waals surface area contributed by atoms with E-state index in [0.717, 1.165) is 0 Å². The van der Waals surface area contributed by atoms with E-state index in [9.17, 15) is 14.9 Å². The number of nitrogens with zero attached hydrogens (tertiary/aromatic N) is 1. The summed E-state index contributed by atoms with van der Waals surface area (Å²) >= 11 is 5.78. The van der Waals surface area contributed by atoms with Gasteiger partial charge in [0.05, 0.1) is 18.4 Å². The molecule has 0 bridgehead atoms. The SMILES string of the molecule is COC(=O)c1ccccc1N/C=C(/C#N)C(=O)Nc1ccc(Cl)cc1. The van der Waals surface area contributed by atoms with Crippen molar-refractivity contribution in [2.45, 2.75) is 0 Å². The van der Waals surface area contributed by atoms with E-state index in [1.807, 2.05) is 6.07 Å². The van der Waals surface area contributed by atoms with E-state index in [2.05, 4.69) is 10.6 Å². The Hall–Kier alpha value is -3.30. The molecular formula is C18H14ClN3O3. The summed E-state index contributed by atoms with van der Waals surface area (Å²) in [5.74, 6) is -1.12. The van der Waals surface area contributed by atoms with Crippen molar-refractivity contribution in [3.63, 3.8) is 0 Å². The number of rotatable bonds is 5. The molecule has 0 radical (unpaired) electrons. The van der Waals surface area contributed by atoms with E-state index in [4.69, 9.17) is 16.3 Å². The molecule has 0 fully saturated rings. The number of para-hydroxylation sites is 1. The molecule has 0 aliphatic carbocycles. The van der Waals surface area contributed by atoms with Crippen LogP contribution in [0, 0.1) is 11.3 Å². The van der Waals surface area contributed by atoms with E-state index in [1.54, 1.807) is 48.5 Å². The van der Waals surface area contributed by atoms with Gasteiger partial charge in [-0.15, -0.1) is 0 Å². The van der Waals surface area contributed by atoms with Gasteiger partial charge in [-0.05, 0) is 36.4 Å². The number of esters is 1. The summed E-state index contributed by atoms with van der Waals surface area (Å²) < 4.78 is 4.69. The molecule has 2 aromatic rings. The molecule has 0 aliphatic rings. The molecule has 0 atom stereocenters. The van der Waals surface area contributed by atoms with Crippen LogP contribution < -0.4 is 10.6 Å². The van der Waals surface area contributed by atoms with Crippen molar-refractivity contribution in [1.82, 2.24) is 0 Å². The number of anilines is 2. The summed E-state index contributed by atoms with van der Waals surface area (Å²) in [6.07, 6.45) is 1.23. The number of ether oxygens (including phenoxy) is 1. The monoisotopic (exact) mass is 355 g/mol. The molecule has 0 aromatic heterocycles. The number of benzene rings is 2. The number of hydrogen-bond donors (Lipinski definition) is 2. The van der Waals surface area contributed by atoms with Crippen molar-refractivity contribution in [2.75, 3.05) is 17.7 Å². The first-order valence-corrected chi connectivity index (χ1v) is 7.54. The van der Waals surface area contributed by atoms with Gasteiger partial charge < -0.3 is 15.4 Å². The van der Waals surface area contributed by atoms with Crippen LogP contribution in [0.5, 0.6) is 0 Å². The van der Waals surface area contributed by atoms with Gasteiger partial charge in [0.25, 0.3) is 5.91 Å². The minimum atomic E-state index is -0.590. The van der Waals surface area contributed by atoms with Gasteiger partial charge in [-0.25, -0.2) is 4.79 Å². The summed E-state index contributed by atoms with van der Waals surface area (Å²) in [6, 6.07) is 14.9. The summed E-state index contributed by atoms with van der Waals surface area (Å²) in [7, 11) is 1.27. The number of carbonyl (C=O) groups excluding carboxylic acids is 2. The van der Waals surface area contributed by atoms with Crippen LogP contribution in [-0.2, 0) is 9.53 Å². The topological polar surface area (TPSA) is 91.2 Å². The van der Waals surface area contributed by atoms with Gasteiger partial charge in [-0.3, -0.25) is 4.79 Å². The number of nitrogens with one attached hydrogen (secondary N) is 2. The van der Waals surface area contributed by atoms with Crippen LogP contribution in [0.4, 0.5) is 11.4 Å². The summed E-state index contributed by atoms with van der Waals surface area (Å²) in [5, 5.41) is 15.1. The predicted octanol–water partition coefficient (Wildman–Crippen LogP) is 3.58. The first-order valence-electron chi connectivity index (χ1n) is 7.16. The zero-order chi connectivity index (χ0) is 18.2. The normalized spacial score (nSPS) is 10.5. The molecule has 0 heterocycles. The second-order valence-corrected chi connectivity index (χ2v) is 5.25. The molecule has 126 valence electrons. The van der Waals surface area contributed by atoms with E-state index in [0.29, 0.717) is 16.4 Å². The van der Waals surface area contributed by atoms with E-state index in [1.165, 1.54) is 13.3 Å². The lowest BCUT2D eigenvalue weighted by Crippen LogP contribution is -2.15. The molecule has 0 unspecified atom stereocenters. The van der Waals surface area contributed by atoms with Crippen molar-refractivity contribution in [1.29, 1.82) is 5.26 Å². The van der Waals surface area contributed by atoms with Gasteiger partial charge in [-0.1, -0.05) is 23.7 Å². The number of methoxy groups -OCH3 is 1. The van der Waals surface area contributed by atoms with Crippen LogP contribution in [-0.4, -0.2) is 19.0 Å². The highest BCUT2D eigenvalue weighted by atomic mass is 35.5. The Morgan fingerprint density at radius 2 is 1.84 bits per heavy atom. The van der Waals surface area contributed by atoms with Gasteiger partial charge in [0.15, 0.2) is 0 Å². The third-order valence-electron chi connectivity index (χ3n) is 3.17. The fraction of sp³-hybridized carbons (Fsp3) is 0.0556. The lowest BCUT2D eigenvalue weighted by molar-refractivity contribution is -0.112. The standard InChI is InChI=1S/C18H14ClN3O3/c1-25-18(24)15-4-2-3-5-16(15)21-11-12(10-20)17(23)22-14-8-6-13(19)7-9-14/h2-9,11,21H,1H3,(H,22,23)/b12-11-. The molecular weight excluding hydrogens is 342 g/mol. The van der Waals surface area contributed by atoms with Crippen molar-refractivity contribution in [3.05, 3.63) is 70.9 Å². The zero-order valence-electron chi connectivity index (χ0n) is 13.2. The van der Waals surface area contributed by atoms with Gasteiger partial charge in [0, 0.05) is 16.9 Å². The Balaban J connectivity index is 2.15. The number of amides is 1. The maximum Gasteiger partial charge on any atom is 0.339 e. The minimum Gasteiger partial charge on any atom is -0.465 e. The number of halogens is 1. The molecule has 0 saturated carbocycles. The Morgan fingerprint density at radius 3 is 2.48 bits per heavy atom. The van der Waals surface area contributed by atoms with Crippen LogP contribution in [0.3, 0.4) is 0 Å². The average Bonchev–Trinajstić information content (AvgIpc) is 2.64. The molecule has 7 heteroatoms. The predicted molar refractivity (Wildman–Crippen MR) is 95.2 cm³/mol. The van der Waals surface area contributed by atoms with Crippen LogP contribution in [0.1, 0.15) is 10.4 Å². The Labute approximate surface area is 149 Å². The molecule has 0 aliphatic heterocycles. The first kappa shape index (κ1) is 18.0. The lowest BCUT2D eigenvalue weighted by atomic mass is 10.2. The largest absolute Gasteiger partial charge is 0.465 e. The molecule has 6 nitrogen and oxygen atoms in total.